The third-order valence-corrected chi connectivity index (χ3v) is 5.17. The predicted molar refractivity (Wildman–Crippen MR) is 119 cm³/mol. The van der Waals surface area contributed by atoms with Gasteiger partial charge in [0, 0.05) is 13.2 Å². The Balaban J connectivity index is 1.48. The van der Waals surface area contributed by atoms with Crippen LogP contribution in [0.1, 0.15) is 22.2 Å². The number of aromatic carboxylic acids is 1. The van der Waals surface area contributed by atoms with Crippen LogP contribution < -0.4 is 19.6 Å². The van der Waals surface area contributed by atoms with Crippen LogP contribution in [0, 0.1) is 0 Å². The summed E-state index contributed by atoms with van der Waals surface area (Å²) in [5.74, 6) is -2.93. The second kappa shape index (κ2) is 9.87. The maximum Gasteiger partial charge on any atom is 0.371 e. The lowest BCUT2D eigenvalue weighted by atomic mass is 10.0. The Morgan fingerprint density at radius 3 is 2.40 bits per heavy atom. The van der Waals surface area contributed by atoms with Crippen molar-refractivity contribution in [3.8, 4) is 17.2 Å². The number of ether oxygens (including phenoxy) is 4. The largest absolute Gasteiger partial charge is 0.490 e. The molecule has 3 N–H and O–H groups in total. The fourth-order valence-electron chi connectivity index (χ4n) is 3.48. The van der Waals surface area contributed by atoms with Crippen molar-refractivity contribution in [3.63, 3.8) is 0 Å². The molecule has 1 aromatic heterocycles. The maximum absolute atomic E-state index is 12.4. The average molecular weight is 484 g/mol. The number of carboxylic acids is 2. The molecular weight excluding hydrogens is 464 g/mol. The summed E-state index contributed by atoms with van der Waals surface area (Å²) < 4.78 is 27.5. The lowest BCUT2D eigenvalue weighted by Gasteiger charge is -2.24. The number of carboxylic acid groups (broad SMARTS) is 2. The first kappa shape index (κ1) is 23.8. The quantitative estimate of drug-likeness (QED) is 0.409. The summed E-state index contributed by atoms with van der Waals surface area (Å²) in [4.78, 5) is 34.7. The van der Waals surface area contributed by atoms with E-state index in [1.807, 2.05) is 0 Å². The Hall–Kier alpha value is -4.35. The van der Waals surface area contributed by atoms with Crippen LogP contribution in [0.2, 0.25) is 0 Å². The number of benzene rings is 2. The fraction of sp³-hybridized carbons (Fsp3) is 0.208. The minimum atomic E-state index is -1.36. The van der Waals surface area contributed by atoms with E-state index in [2.05, 4.69) is 0 Å². The molecule has 2 aromatic carbocycles. The fourth-order valence-corrected chi connectivity index (χ4v) is 3.48. The molecule has 11 heteroatoms. The van der Waals surface area contributed by atoms with Gasteiger partial charge in [0.25, 0.3) is 0 Å². The topological polar surface area (TPSA) is 162 Å². The van der Waals surface area contributed by atoms with Gasteiger partial charge >= 0.3 is 11.9 Å². The number of rotatable bonds is 9. The van der Waals surface area contributed by atoms with Gasteiger partial charge in [-0.25, -0.2) is 9.59 Å². The van der Waals surface area contributed by atoms with Crippen LogP contribution >= 0.6 is 0 Å². The summed E-state index contributed by atoms with van der Waals surface area (Å²) >= 11 is 0. The molecule has 0 fully saturated rings. The molecule has 35 heavy (non-hydrogen) atoms. The van der Waals surface area contributed by atoms with Crippen molar-refractivity contribution in [2.24, 2.45) is 0 Å². The summed E-state index contributed by atoms with van der Waals surface area (Å²) in [5.41, 5.74) is -0.228. The number of aliphatic hydroxyl groups is 1. The van der Waals surface area contributed by atoms with E-state index in [4.69, 9.17) is 33.6 Å². The smallest absolute Gasteiger partial charge is 0.371 e. The van der Waals surface area contributed by atoms with Gasteiger partial charge in [-0.2, -0.15) is 0 Å². The first-order chi connectivity index (χ1) is 16.8. The first-order valence-electron chi connectivity index (χ1n) is 10.3. The molecule has 0 saturated heterocycles. The van der Waals surface area contributed by atoms with Crippen molar-refractivity contribution < 1.29 is 48.3 Å². The van der Waals surface area contributed by atoms with E-state index in [0.717, 1.165) is 12.1 Å². The Bertz CT molecular complexity index is 1370. The highest BCUT2D eigenvalue weighted by Crippen LogP contribution is 2.39. The summed E-state index contributed by atoms with van der Waals surface area (Å²) in [5, 5.41) is 28.7. The number of methoxy groups -OCH3 is 1. The molecule has 1 aliphatic rings. The summed E-state index contributed by atoms with van der Waals surface area (Å²) in [7, 11) is 1.44. The molecular formula is C24H20O11. The third-order valence-electron chi connectivity index (χ3n) is 5.17. The Morgan fingerprint density at radius 1 is 1.03 bits per heavy atom. The monoisotopic (exact) mass is 484 g/mol. The average Bonchev–Trinajstić information content (AvgIpc) is 2.83. The molecule has 0 aliphatic carbocycles. The van der Waals surface area contributed by atoms with Crippen molar-refractivity contribution in [2.75, 3.05) is 20.3 Å². The van der Waals surface area contributed by atoms with E-state index in [-0.39, 0.29) is 52.8 Å². The van der Waals surface area contributed by atoms with Crippen LogP contribution in [0.4, 0.5) is 0 Å². The highest BCUT2D eigenvalue weighted by atomic mass is 16.6. The molecule has 0 radical (unpaired) electrons. The lowest BCUT2D eigenvalue weighted by Crippen LogP contribution is -2.28. The molecule has 182 valence electrons. The summed E-state index contributed by atoms with van der Waals surface area (Å²) in [6.07, 6.45) is -0.793. The number of carbonyl (C=O) groups is 2. The molecule has 11 nitrogen and oxygen atoms in total. The normalized spacial score (nSPS) is 15.5. The second-order valence-electron chi connectivity index (χ2n) is 7.44. The van der Waals surface area contributed by atoms with Gasteiger partial charge in [0.2, 0.25) is 11.5 Å². The standard InChI is InChI=1S/C24H20O11/c1-31-12(10-32-15-4-2-6-17-21(15)13(25)8-19(34-17)23(27)28)11-33-16-5-3-7-18-22(16)14(26)9-20(35-18)24(29)30/h2-9,12-13,25H,10-11H2,1H3,(H,27,28)(H,29,30). The second-order valence-corrected chi connectivity index (χ2v) is 7.44. The zero-order valence-electron chi connectivity index (χ0n) is 18.3. The predicted octanol–water partition coefficient (Wildman–Crippen LogP) is 2.36. The Labute approximate surface area is 197 Å². The molecule has 2 unspecified atom stereocenters. The SMILES string of the molecule is COC(COc1cccc2c1C(O)C=C(C(=O)O)O2)COc1cccc2oc(C(=O)O)cc(=O)c12. The minimum Gasteiger partial charge on any atom is -0.490 e. The number of aliphatic carboxylic acids is 1. The van der Waals surface area contributed by atoms with Gasteiger partial charge in [-0.15, -0.1) is 0 Å². The van der Waals surface area contributed by atoms with E-state index in [1.165, 1.54) is 19.2 Å². The Morgan fingerprint density at radius 2 is 1.71 bits per heavy atom. The number of hydrogen-bond acceptors (Lipinski definition) is 9. The van der Waals surface area contributed by atoms with E-state index in [9.17, 15) is 19.5 Å². The molecule has 0 spiro atoms. The molecule has 3 aromatic rings. The zero-order chi connectivity index (χ0) is 25.1. The molecule has 4 rings (SSSR count). The maximum atomic E-state index is 12.4. The van der Waals surface area contributed by atoms with Crippen LogP contribution in [0.15, 0.2) is 63.5 Å². The van der Waals surface area contributed by atoms with Gasteiger partial charge in [-0.05, 0) is 30.3 Å². The van der Waals surface area contributed by atoms with Crippen LogP contribution in [-0.4, -0.2) is 53.7 Å². The van der Waals surface area contributed by atoms with Crippen molar-refractivity contribution in [1.29, 1.82) is 0 Å². The van der Waals surface area contributed by atoms with Crippen LogP contribution in [0.3, 0.4) is 0 Å². The van der Waals surface area contributed by atoms with E-state index >= 15 is 0 Å². The molecule has 2 heterocycles. The molecule has 0 bridgehead atoms. The minimum absolute atomic E-state index is 0.0162. The van der Waals surface area contributed by atoms with Gasteiger partial charge < -0.3 is 38.7 Å². The molecule has 1 aliphatic heterocycles. The van der Waals surface area contributed by atoms with Gasteiger partial charge in [-0.3, -0.25) is 4.79 Å². The van der Waals surface area contributed by atoms with E-state index in [0.29, 0.717) is 0 Å². The van der Waals surface area contributed by atoms with Gasteiger partial charge in [0.1, 0.15) is 53.6 Å². The van der Waals surface area contributed by atoms with Crippen LogP contribution in [0.5, 0.6) is 17.2 Å². The highest BCUT2D eigenvalue weighted by Gasteiger charge is 2.27. The molecule has 0 saturated carbocycles. The van der Waals surface area contributed by atoms with Crippen molar-refractivity contribution in [2.45, 2.75) is 12.2 Å². The zero-order valence-corrected chi connectivity index (χ0v) is 18.3. The van der Waals surface area contributed by atoms with Crippen molar-refractivity contribution >= 4 is 22.9 Å². The van der Waals surface area contributed by atoms with E-state index in [1.54, 1.807) is 24.3 Å². The number of hydrogen-bond donors (Lipinski definition) is 3. The van der Waals surface area contributed by atoms with Crippen LogP contribution in [0.25, 0.3) is 11.0 Å². The molecule has 0 amide bonds. The first-order valence-corrected chi connectivity index (χ1v) is 10.3. The Kier molecular flexibility index (Phi) is 6.71. The number of aliphatic hydroxyl groups excluding tert-OH is 1. The van der Waals surface area contributed by atoms with Crippen molar-refractivity contribution in [3.05, 3.63) is 75.8 Å². The van der Waals surface area contributed by atoms with Crippen molar-refractivity contribution in [1.82, 2.24) is 0 Å². The van der Waals surface area contributed by atoms with Gasteiger partial charge in [-0.1, -0.05) is 12.1 Å². The third kappa shape index (κ3) is 4.95. The van der Waals surface area contributed by atoms with Gasteiger partial charge in [0.15, 0.2) is 5.43 Å². The molecule has 2 atom stereocenters. The summed E-state index contributed by atoms with van der Waals surface area (Å²) in [6, 6.07) is 10.1. The van der Waals surface area contributed by atoms with Gasteiger partial charge in [0.05, 0.1) is 5.56 Å². The number of fused-ring (bicyclic) bond motifs is 2. The van der Waals surface area contributed by atoms with E-state index < -0.39 is 35.3 Å². The summed E-state index contributed by atoms with van der Waals surface area (Å²) in [6.45, 7) is -0.0510. The highest BCUT2D eigenvalue weighted by molar-refractivity contribution is 5.89. The van der Waals surface area contributed by atoms with Crippen LogP contribution in [-0.2, 0) is 9.53 Å². The lowest BCUT2D eigenvalue weighted by molar-refractivity contribution is -0.135.